The third-order valence-electron chi connectivity index (χ3n) is 4.15. The molecule has 0 bridgehead atoms. The maximum Gasteiger partial charge on any atom is 0.260 e. The van der Waals surface area contributed by atoms with Crippen molar-refractivity contribution in [2.75, 3.05) is 12.0 Å². The van der Waals surface area contributed by atoms with Crippen LogP contribution in [-0.4, -0.2) is 23.0 Å². The lowest BCUT2D eigenvalue weighted by Gasteiger charge is -2.20. The Balaban J connectivity index is 1.79. The predicted molar refractivity (Wildman–Crippen MR) is 107 cm³/mol. The van der Waals surface area contributed by atoms with Crippen molar-refractivity contribution in [3.63, 3.8) is 0 Å². The molecule has 4 rings (SSSR count). The Morgan fingerprint density at radius 3 is 2.67 bits per heavy atom. The highest BCUT2D eigenvalue weighted by Crippen LogP contribution is 2.35. The van der Waals surface area contributed by atoms with Gasteiger partial charge in [0, 0.05) is 18.0 Å². The van der Waals surface area contributed by atoms with Gasteiger partial charge in [-0.3, -0.25) is 14.7 Å². The number of pyridine rings is 1. The van der Waals surface area contributed by atoms with Gasteiger partial charge in [-0.1, -0.05) is 41.7 Å². The molecule has 2 aromatic carbocycles. The highest BCUT2D eigenvalue weighted by molar-refractivity contribution is 7.22. The normalized spacial score (nSPS) is 10.7. The minimum atomic E-state index is -0.0996. The van der Waals surface area contributed by atoms with Gasteiger partial charge >= 0.3 is 0 Å². The molecule has 0 unspecified atom stereocenters. The molecule has 5 nitrogen and oxygen atoms in total. The smallest absolute Gasteiger partial charge is 0.260 e. The van der Waals surface area contributed by atoms with Gasteiger partial charge in [-0.2, -0.15) is 0 Å². The number of hydrogen-bond acceptors (Lipinski definition) is 5. The summed E-state index contributed by atoms with van der Waals surface area (Å²) >= 11 is 1.47. The van der Waals surface area contributed by atoms with Crippen LogP contribution >= 0.6 is 11.3 Å². The number of thiazole rings is 1. The van der Waals surface area contributed by atoms with Crippen LogP contribution in [0.2, 0.25) is 0 Å². The average Bonchev–Trinajstić information content (AvgIpc) is 3.17. The third kappa shape index (κ3) is 3.52. The lowest BCUT2D eigenvalue weighted by molar-refractivity contribution is 0.0985. The van der Waals surface area contributed by atoms with Gasteiger partial charge in [-0.15, -0.1) is 0 Å². The minimum absolute atomic E-state index is 0.0996. The van der Waals surface area contributed by atoms with Crippen LogP contribution in [0.3, 0.4) is 0 Å². The summed E-state index contributed by atoms with van der Waals surface area (Å²) in [6.07, 6.45) is 3.48. The quantitative estimate of drug-likeness (QED) is 0.514. The Morgan fingerprint density at radius 1 is 1.07 bits per heavy atom. The van der Waals surface area contributed by atoms with Gasteiger partial charge in [0.15, 0.2) is 5.13 Å². The first-order valence-corrected chi connectivity index (χ1v) is 9.27. The number of rotatable bonds is 5. The van der Waals surface area contributed by atoms with Crippen LogP contribution in [0.25, 0.3) is 10.2 Å². The van der Waals surface area contributed by atoms with Gasteiger partial charge in [-0.05, 0) is 35.9 Å². The molecule has 27 heavy (non-hydrogen) atoms. The third-order valence-corrected chi connectivity index (χ3v) is 5.19. The number of anilines is 1. The zero-order chi connectivity index (χ0) is 18.6. The van der Waals surface area contributed by atoms with E-state index in [-0.39, 0.29) is 5.91 Å². The SMILES string of the molecule is COc1cccc2sc(N(Cc3cccnc3)C(=O)c3ccccc3)nc12. The lowest BCUT2D eigenvalue weighted by atomic mass is 10.2. The van der Waals surface area contributed by atoms with Crippen LogP contribution in [-0.2, 0) is 6.54 Å². The molecule has 6 heteroatoms. The van der Waals surface area contributed by atoms with Crippen molar-refractivity contribution in [3.05, 3.63) is 84.2 Å². The summed E-state index contributed by atoms with van der Waals surface area (Å²) < 4.78 is 6.39. The zero-order valence-corrected chi connectivity index (χ0v) is 15.5. The fraction of sp³-hybridized carbons (Fsp3) is 0.0952. The summed E-state index contributed by atoms with van der Waals surface area (Å²) in [5.41, 5.74) is 2.32. The number of hydrogen-bond donors (Lipinski definition) is 0. The summed E-state index contributed by atoms with van der Waals surface area (Å²) in [5.74, 6) is 0.598. The van der Waals surface area contributed by atoms with Crippen LogP contribution in [0.4, 0.5) is 5.13 Å². The minimum Gasteiger partial charge on any atom is -0.494 e. The molecule has 0 saturated heterocycles. The van der Waals surface area contributed by atoms with Gasteiger partial charge in [0.05, 0.1) is 18.4 Å². The van der Waals surface area contributed by atoms with E-state index in [1.807, 2.05) is 60.7 Å². The maximum absolute atomic E-state index is 13.2. The van der Waals surface area contributed by atoms with Gasteiger partial charge in [0.25, 0.3) is 5.91 Å². The number of nitrogens with zero attached hydrogens (tertiary/aromatic N) is 3. The fourth-order valence-corrected chi connectivity index (χ4v) is 3.81. The Bertz CT molecular complexity index is 1060. The molecule has 0 saturated carbocycles. The van der Waals surface area contributed by atoms with Crippen molar-refractivity contribution >= 4 is 32.6 Å². The molecule has 1 amide bonds. The fourth-order valence-electron chi connectivity index (χ4n) is 2.83. The second-order valence-electron chi connectivity index (χ2n) is 5.92. The van der Waals surface area contributed by atoms with Crippen molar-refractivity contribution in [1.29, 1.82) is 0 Å². The van der Waals surface area contributed by atoms with E-state index in [4.69, 9.17) is 9.72 Å². The van der Waals surface area contributed by atoms with Crippen LogP contribution in [0, 0.1) is 0 Å². The summed E-state index contributed by atoms with van der Waals surface area (Å²) in [7, 11) is 1.62. The number of para-hydroxylation sites is 1. The first-order valence-electron chi connectivity index (χ1n) is 8.45. The monoisotopic (exact) mass is 375 g/mol. The molecular formula is C21H17N3O2S. The molecule has 0 spiro atoms. The molecule has 0 N–H and O–H groups in total. The van der Waals surface area contributed by atoms with Gasteiger partial charge in [-0.25, -0.2) is 4.98 Å². The van der Waals surface area contributed by atoms with Crippen molar-refractivity contribution in [2.45, 2.75) is 6.54 Å². The number of aromatic nitrogens is 2. The van der Waals surface area contributed by atoms with E-state index in [0.717, 1.165) is 15.8 Å². The maximum atomic E-state index is 13.2. The molecule has 0 aliphatic heterocycles. The Kier molecular flexibility index (Phi) is 4.80. The second-order valence-corrected chi connectivity index (χ2v) is 6.93. The Labute approximate surface area is 160 Å². The van der Waals surface area contributed by atoms with Gasteiger partial charge in [0.1, 0.15) is 11.3 Å². The standard InChI is InChI=1S/C21H17N3O2S/c1-26-17-10-5-11-18-19(17)23-21(27-18)24(14-15-7-6-12-22-13-15)20(25)16-8-3-2-4-9-16/h2-13H,14H2,1H3. The van der Waals surface area contributed by atoms with Crippen molar-refractivity contribution in [3.8, 4) is 5.75 Å². The number of ether oxygens (including phenoxy) is 1. The highest BCUT2D eigenvalue weighted by atomic mass is 32.1. The largest absolute Gasteiger partial charge is 0.494 e. The molecular weight excluding hydrogens is 358 g/mol. The summed E-state index contributed by atoms with van der Waals surface area (Å²) in [5, 5.41) is 0.632. The van der Waals surface area contributed by atoms with Crippen LogP contribution < -0.4 is 9.64 Å². The van der Waals surface area contributed by atoms with Crippen molar-refractivity contribution in [1.82, 2.24) is 9.97 Å². The Morgan fingerprint density at radius 2 is 1.93 bits per heavy atom. The summed E-state index contributed by atoms with van der Waals surface area (Å²) in [6.45, 7) is 0.393. The van der Waals surface area contributed by atoms with E-state index in [9.17, 15) is 4.79 Å². The number of amides is 1. The molecule has 0 fully saturated rings. The first-order chi connectivity index (χ1) is 13.3. The topological polar surface area (TPSA) is 55.3 Å². The number of fused-ring (bicyclic) bond motifs is 1. The second kappa shape index (κ2) is 7.55. The van der Waals surface area contributed by atoms with Gasteiger partial charge < -0.3 is 4.74 Å². The number of methoxy groups -OCH3 is 1. The molecule has 2 heterocycles. The van der Waals surface area contributed by atoms with E-state index >= 15 is 0 Å². The van der Waals surface area contributed by atoms with E-state index in [2.05, 4.69) is 4.98 Å². The van der Waals surface area contributed by atoms with Crippen LogP contribution in [0.1, 0.15) is 15.9 Å². The van der Waals surface area contributed by atoms with E-state index < -0.39 is 0 Å². The first kappa shape index (κ1) is 17.2. The van der Waals surface area contributed by atoms with Gasteiger partial charge in [0.2, 0.25) is 0 Å². The lowest BCUT2D eigenvalue weighted by Crippen LogP contribution is -2.30. The average molecular weight is 375 g/mol. The molecule has 2 aromatic heterocycles. The molecule has 0 radical (unpaired) electrons. The highest BCUT2D eigenvalue weighted by Gasteiger charge is 2.22. The number of carbonyl (C=O) groups excluding carboxylic acids is 1. The summed E-state index contributed by atoms with van der Waals surface area (Å²) in [4.78, 5) is 23.8. The van der Waals surface area contributed by atoms with E-state index in [0.29, 0.717) is 23.0 Å². The van der Waals surface area contributed by atoms with E-state index in [1.165, 1.54) is 11.3 Å². The van der Waals surface area contributed by atoms with Crippen LogP contribution in [0.15, 0.2) is 73.1 Å². The molecule has 0 atom stereocenters. The zero-order valence-electron chi connectivity index (χ0n) is 14.7. The number of benzene rings is 2. The Hall–Kier alpha value is -3.25. The molecule has 134 valence electrons. The predicted octanol–water partition coefficient (Wildman–Crippen LogP) is 4.55. The summed E-state index contributed by atoms with van der Waals surface area (Å²) in [6, 6.07) is 18.8. The van der Waals surface area contributed by atoms with E-state index in [1.54, 1.807) is 24.4 Å². The van der Waals surface area contributed by atoms with Crippen molar-refractivity contribution < 1.29 is 9.53 Å². The van der Waals surface area contributed by atoms with Crippen molar-refractivity contribution in [2.24, 2.45) is 0 Å². The molecule has 0 aliphatic carbocycles. The number of carbonyl (C=O) groups is 1. The molecule has 4 aromatic rings. The molecule has 0 aliphatic rings. The van der Waals surface area contributed by atoms with Crippen LogP contribution in [0.5, 0.6) is 5.75 Å².